The predicted octanol–water partition coefficient (Wildman–Crippen LogP) is 0.222. The van der Waals surface area contributed by atoms with Gasteiger partial charge in [-0.1, -0.05) is 0 Å². The summed E-state index contributed by atoms with van der Waals surface area (Å²) in [5, 5.41) is 0. The Hall–Kier alpha value is -0.0231. The van der Waals surface area contributed by atoms with Crippen LogP contribution in [0.1, 0.15) is 6.92 Å². The van der Waals surface area contributed by atoms with Crippen LogP contribution in [0.2, 0.25) is 6.04 Å². The molecule has 0 aliphatic rings. The quantitative estimate of drug-likeness (QED) is 0.496. The van der Waals surface area contributed by atoms with E-state index in [2.05, 4.69) is 0 Å². The highest BCUT2D eigenvalue weighted by Crippen LogP contribution is 1.89. The van der Waals surface area contributed by atoms with Crippen LogP contribution in [0.25, 0.3) is 0 Å². The van der Waals surface area contributed by atoms with Crippen molar-refractivity contribution in [2.24, 2.45) is 0 Å². The van der Waals surface area contributed by atoms with Gasteiger partial charge in [0, 0.05) is 13.2 Å². The van der Waals surface area contributed by atoms with Gasteiger partial charge in [0.25, 0.3) is 9.41 Å². The molecule has 7 heavy (non-hydrogen) atoms. The molecule has 0 radical (unpaired) electrons. The molecule has 2 nitrogen and oxygen atoms in total. The van der Waals surface area contributed by atoms with Gasteiger partial charge in [-0.2, -0.15) is 0 Å². The number of methoxy groups -OCH3 is 1. The molecule has 0 rings (SSSR count). The van der Waals surface area contributed by atoms with Crippen molar-refractivity contribution in [3.05, 3.63) is 0 Å². The lowest BCUT2D eigenvalue weighted by atomic mass is 10.5. The van der Waals surface area contributed by atoms with Gasteiger partial charge in [-0.15, -0.1) is 0 Å². The first-order valence-corrected chi connectivity index (χ1v) is 3.56. The number of hydrogen-bond acceptors (Lipinski definition) is 2. The Morgan fingerprint density at radius 2 is 2.43 bits per heavy atom. The molecule has 3 heteroatoms. The minimum absolute atomic E-state index is 0.174. The fraction of sp³-hybridized carbons (Fsp3) is 1.00. The van der Waals surface area contributed by atoms with Crippen molar-refractivity contribution in [2.75, 3.05) is 7.11 Å². The topological polar surface area (TPSA) is 26.3 Å². The largest absolute Gasteiger partial charge is 0.392 e. The SMILES string of the molecule is COC(C)C[SiH]=O. The molecule has 0 bridgehead atoms. The van der Waals surface area contributed by atoms with E-state index in [0.29, 0.717) is 6.04 Å². The zero-order chi connectivity index (χ0) is 5.70. The summed E-state index contributed by atoms with van der Waals surface area (Å²) in [5.74, 6) is 0. The fourth-order valence-corrected chi connectivity index (χ4v) is 0.695. The van der Waals surface area contributed by atoms with E-state index in [1.807, 2.05) is 6.92 Å². The summed E-state index contributed by atoms with van der Waals surface area (Å²) in [6.45, 7) is 1.91. The maximum absolute atomic E-state index is 9.90. The minimum atomic E-state index is -0.625. The van der Waals surface area contributed by atoms with Gasteiger partial charge in [0.2, 0.25) is 0 Å². The Morgan fingerprint density at radius 1 is 1.86 bits per heavy atom. The lowest BCUT2D eigenvalue weighted by molar-refractivity contribution is 0.133. The van der Waals surface area contributed by atoms with Crippen LogP contribution < -0.4 is 0 Å². The van der Waals surface area contributed by atoms with E-state index in [4.69, 9.17) is 4.74 Å². The maximum Gasteiger partial charge on any atom is 0.263 e. The van der Waals surface area contributed by atoms with E-state index >= 15 is 0 Å². The third-order valence-corrected chi connectivity index (χ3v) is 1.69. The second-order valence-electron chi connectivity index (χ2n) is 1.45. The summed E-state index contributed by atoms with van der Waals surface area (Å²) < 4.78 is 14.7. The second-order valence-corrected chi connectivity index (χ2v) is 2.25. The fourth-order valence-electron chi connectivity index (χ4n) is 0.232. The van der Waals surface area contributed by atoms with Gasteiger partial charge in [0.05, 0.1) is 6.10 Å². The molecule has 0 amide bonds. The first-order valence-electron chi connectivity index (χ1n) is 2.27. The van der Waals surface area contributed by atoms with Crippen molar-refractivity contribution >= 4 is 9.41 Å². The Bertz CT molecular complexity index is 55.7. The Balaban J connectivity index is 2.98. The summed E-state index contributed by atoms with van der Waals surface area (Å²) in [7, 11) is 1.000. The van der Waals surface area contributed by atoms with E-state index in [0.717, 1.165) is 0 Å². The third kappa shape index (κ3) is 3.82. The molecule has 42 valence electrons. The summed E-state index contributed by atoms with van der Waals surface area (Å²) in [5.41, 5.74) is 0. The van der Waals surface area contributed by atoms with Gasteiger partial charge in [-0.3, -0.25) is 0 Å². The van der Waals surface area contributed by atoms with Crippen LogP contribution in [-0.4, -0.2) is 22.6 Å². The molecule has 0 aliphatic carbocycles. The van der Waals surface area contributed by atoms with Crippen LogP contribution in [0.3, 0.4) is 0 Å². The van der Waals surface area contributed by atoms with Crippen molar-refractivity contribution in [3.63, 3.8) is 0 Å². The number of rotatable bonds is 3. The predicted molar refractivity (Wildman–Crippen MR) is 29.1 cm³/mol. The number of hydrogen-bond donors (Lipinski definition) is 0. The summed E-state index contributed by atoms with van der Waals surface area (Å²) in [6.07, 6.45) is 0.174. The second kappa shape index (κ2) is 4.14. The number of ether oxygens (including phenoxy) is 1. The Morgan fingerprint density at radius 3 is 2.57 bits per heavy atom. The highest BCUT2D eigenvalue weighted by atomic mass is 28.2. The third-order valence-electron chi connectivity index (χ3n) is 0.831. The zero-order valence-electron chi connectivity index (χ0n) is 4.68. The molecule has 1 atom stereocenters. The highest BCUT2D eigenvalue weighted by Gasteiger charge is 1.94. The summed E-state index contributed by atoms with van der Waals surface area (Å²) in [6, 6.07) is 0.705. The standard InChI is InChI=1S/C4H10O2Si/c1-4(6-2)3-7-5/h4,7H,3H2,1-2H3. The van der Waals surface area contributed by atoms with E-state index in [1.54, 1.807) is 7.11 Å². The molecule has 1 unspecified atom stereocenters. The lowest BCUT2D eigenvalue weighted by Crippen LogP contribution is -2.03. The zero-order valence-corrected chi connectivity index (χ0v) is 5.83. The first-order chi connectivity index (χ1) is 3.31. The minimum Gasteiger partial charge on any atom is -0.392 e. The molecule has 0 saturated carbocycles. The van der Waals surface area contributed by atoms with Crippen LogP contribution in [0.15, 0.2) is 0 Å². The van der Waals surface area contributed by atoms with Crippen LogP contribution in [-0.2, 0) is 9.20 Å². The van der Waals surface area contributed by atoms with E-state index in [9.17, 15) is 4.46 Å². The van der Waals surface area contributed by atoms with Crippen LogP contribution in [0.4, 0.5) is 0 Å². The van der Waals surface area contributed by atoms with Crippen LogP contribution >= 0.6 is 0 Å². The van der Waals surface area contributed by atoms with Gasteiger partial charge < -0.3 is 9.20 Å². The average Bonchev–Trinajstić information content (AvgIpc) is 1.68. The van der Waals surface area contributed by atoms with Gasteiger partial charge in [-0.05, 0) is 6.92 Å². The van der Waals surface area contributed by atoms with Gasteiger partial charge in [-0.25, -0.2) is 0 Å². The smallest absolute Gasteiger partial charge is 0.263 e. The van der Waals surface area contributed by atoms with E-state index < -0.39 is 9.41 Å². The Labute approximate surface area is 45.7 Å². The van der Waals surface area contributed by atoms with E-state index in [1.165, 1.54) is 0 Å². The van der Waals surface area contributed by atoms with Gasteiger partial charge >= 0.3 is 0 Å². The van der Waals surface area contributed by atoms with Crippen LogP contribution in [0.5, 0.6) is 0 Å². The van der Waals surface area contributed by atoms with Crippen molar-refractivity contribution in [1.82, 2.24) is 0 Å². The molecule has 0 spiro atoms. The van der Waals surface area contributed by atoms with Crippen molar-refractivity contribution in [3.8, 4) is 0 Å². The molecule has 0 aliphatic heterocycles. The highest BCUT2D eigenvalue weighted by molar-refractivity contribution is 6.16. The monoisotopic (exact) mass is 118 g/mol. The molecule has 0 aromatic rings. The molecule has 0 N–H and O–H groups in total. The average molecular weight is 118 g/mol. The van der Waals surface area contributed by atoms with Gasteiger partial charge in [0.15, 0.2) is 0 Å². The molecule has 0 heterocycles. The lowest BCUT2D eigenvalue weighted by Gasteiger charge is -2.00. The molecule has 0 saturated heterocycles. The van der Waals surface area contributed by atoms with Crippen molar-refractivity contribution in [1.29, 1.82) is 0 Å². The Kier molecular flexibility index (Phi) is 4.13. The maximum atomic E-state index is 9.90. The van der Waals surface area contributed by atoms with Crippen molar-refractivity contribution in [2.45, 2.75) is 19.1 Å². The summed E-state index contributed by atoms with van der Waals surface area (Å²) in [4.78, 5) is 0. The van der Waals surface area contributed by atoms with Crippen molar-refractivity contribution < 1.29 is 9.20 Å². The molecule has 0 fully saturated rings. The normalized spacial score (nSPS) is 13.4. The van der Waals surface area contributed by atoms with Gasteiger partial charge in [0.1, 0.15) is 0 Å². The first kappa shape index (κ1) is 6.98. The molecule has 0 aromatic carbocycles. The summed E-state index contributed by atoms with van der Waals surface area (Å²) >= 11 is 0. The molecular formula is C4H10O2Si. The van der Waals surface area contributed by atoms with E-state index in [-0.39, 0.29) is 6.10 Å². The van der Waals surface area contributed by atoms with Crippen LogP contribution in [0, 0.1) is 0 Å². The molecule has 0 aromatic heterocycles. The molecular weight excluding hydrogens is 108 g/mol.